The number of nitrogens with zero attached hydrogens (tertiary/aromatic N) is 1. The van der Waals surface area contributed by atoms with E-state index in [0.29, 0.717) is 10.6 Å². The van der Waals surface area contributed by atoms with Crippen molar-refractivity contribution < 1.29 is 12.8 Å². The molecule has 0 heterocycles. The number of nitrogens with one attached hydrogen (secondary N) is 2. The van der Waals surface area contributed by atoms with Crippen LogP contribution in [0.5, 0.6) is 0 Å². The molecule has 106 valence electrons. The maximum atomic E-state index is 12.3. The lowest BCUT2D eigenvalue weighted by atomic mass is 10.2. The van der Waals surface area contributed by atoms with Crippen LogP contribution in [0.2, 0.25) is 5.02 Å². The zero-order valence-corrected chi connectivity index (χ0v) is 12.3. The van der Waals surface area contributed by atoms with Crippen molar-refractivity contribution in [2.24, 2.45) is 0 Å². The third kappa shape index (κ3) is 3.81. The molecule has 0 bridgehead atoms. The molecular weight excluding hydrogens is 310 g/mol. The molecule has 0 unspecified atom stereocenters. The Morgan fingerprint density at radius 3 is 2.29 bits per heavy atom. The SMILES string of the molecule is N#CNC(=[NH+]S(=O)(=O)c1ccc(Cl)cc1)c1ccccc1. The smallest absolute Gasteiger partial charge is 0.179 e. The van der Waals surface area contributed by atoms with E-state index >= 15 is 0 Å². The molecule has 0 saturated carbocycles. The lowest BCUT2D eigenvalue weighted by Gasteiger charge is -2.00. The normalized spacial score (nSPS) is 11.7. The number of benzene rings is 2. The topological polar surface area (TPSA) is 83.9 Å². The van der Waals surface area contributed by atoms with Gasteiger partial charge in [0.2, 0.25) is 0 Å². The van der Waals surface area contributed by atoms with Gasteiger partial charge in [-0.25, -0.2) is 0 Å². The van der Waals surface area contributed by atoms with Crippen LogP contribution in [0.1, 0.15) is 5.56 Å². The highest BCUT2D eigenvalue weighted by molar-refractivity contribution is 7.84. The summed E-state index contributed by atoms with van der Waals surface area (Å²) >= 11 is 5.74. The lowest BCUT2D eigenvalue weighted by molar-refractivity contribution is -0.269. The predicted molar refractivity (Wildman–Crippen MR) is 78.9 cm³/mol. The molecule has 0 aliphatic carbocycles. The third-order valence-electron chi connectivity index (χ3n) is 2.60. The van der Waals surface area contributed by atoms with Crippen LogP contribution in [-0.2, 0) is 10.0 Å². The summed E-state index contributed by atoms with van der Waals surface area (Å²) in [5.41, 5.74) is 0.552. The monoisotopic (exact) mass is 320 g/mol. The van der Waals surface area contributed by atoms with Gasteiger partial charge in [0, 0.05) is 5.02 Å². The van der Waals surface area contributed by atoms with Crippen LogP contribution in [0.3, 0.4) is 0 Å². The molecule has 5 nitrogen and oxygen atoms in total. The van der Waals surface area contributed by atoms with Crippen LogP contribution in [0.15, 0.2) is 59.5 Å². The third-order valence-corrected chi connectivity index (χ3v) is 4.22. The molecule has 0 saturated heterocycles. The van der Waals surface area contributed by atoms with E-state index < -0.39 is 10.0 Å². The standard InChI is InChI=1S/C14H10ClN3O2S/c15-12-6-8-13(9-7-12)21(19,20)18-14(17-10-16)11-4-2-1-3-5-11/h1-9H,(H,17,18)/p+1. The van der Waals surface area contributed by atoms with Crippen LogP contribution in [0, 0.1) is 11.5 Å². The molecule has 0 aliphatic heterocycles. The van der Waals surface area contributed by atoms with Crippen molar-refractivity contribution >= 4 is 27.5 Å². The molecule has 21 heavy (non-hydrogen) atoms. The van der Waals surface area contributed by atoms with Gasteiger partial charge < -0.3 is 0 Å². The molecule has 0 atom stereocenters. The second-order valence-corrected chi connectivity index (χ2v) is 6.16. The zero-order chi connectivity index (χ0) is 15.3. The number of amidine groups is 1. The molecule has 0 aromatic heterocycles. The molecule has 2 N–H and O–H groups in total. The Kier molecular flexibility index (Phi) is 4.58. The highest BCUT2D eigenvalue weighted by Gasteiger charge is 2.19. The minimum atomic E-state index is -3.81. The van der Waals surface area contributed by atoms with Gasteiger partial charge >= 0.3 is 15.9 Å². The van der Waals surface area contributed by atoms with Gasteiger partial charge in [0.05, 0.1) is 5.56 Å². The fraction of sp³-hybridized carbons (Fsp3) is 0. The van der Waals surface area contributed by atoms with E-state index in [2.05, 4.69) is 9.71 Å². The van der Waals surface area contributed by atoms with Gasteiger partial charge in [-0.1, -0.05) is 29.8 Å². The maximum absolute atomic E-state index is 12.3. The Balaban J connectivity index is 2.47. The Morgan fingerprint density at radius 2 is 1.71 bits per heavy atom. The molecule has 0 spiro atoms. The van der Waals surface area contributed by atoms with Gasteiger partial charge in [-0.3, -0.25) is 0 Å². The average Bonchev–Trinajstić information content (AvgIpc) is 2.48. The average molecular weight is 321 g/mol. The largest absolute Gasteiger partial charge is 0.328 e. The number of sulfonamides is 1. The van der Waals surface area contributed by atoms with Crippen molar-refractivity contribution in [1.82, 2.24) is 5.32 Å². The molecule has 0 amide bonds. The van der Waals surface area contributed by atoms with E-state index in [1.54, 1.807) is 36.5 Å². The Labute approximate surface area is 127 Å². The quantitative estimate of drug-likeness (QED) is 0.376. The second-order valence-electron chi connectivity index (χ2n) is 4.04. The Hall–Kier alpha value is -2.36. The van der Waals surface area contributed by atoms with Gasteiger partial charge in [0.15, 0.2) is 0 Å². The summed E-state index contributed by atoms with van der Waals surface area (Å²) in [7, 11) is -3.81. The number of nitriles is 1. The van der Waals surface area contributed by atoms with E-state index in [1.807, 2.05) is 0 Å². The molecule has 7 heteroatoms. The van der Waals surface area contributed by atoms with Crippen LogP contribution in [0.4, 0.5) is 0 Å². The minimum absolute atomic E-state index is 0.0556. The summed E-state index contributed by atoms with van der Waals surface area (Å²) in [5.74, 6) is 0.0908. The highest BCUT2D eigenvalue weighted by Crippen LogP contribution is 2.11. The molecule has 0 aliphatic rings. The summed E-state index contributed by atoms with van der Waals surface area (Å²) in [6.45, 7) is 0. The van der Waals surface area contributed by atoms with Gasteiger partial charge in [-0.05, 0) is 36.4 Å². The predicted octanol–water partition coefficient (Wildman–Crippen LogP) is 0.627. The van der Waals surface area contributed by atoms with Crippen molar-refractivity contribution in [3.8, 4) is 6.19 Å². The summed E-state index contributed by atoms with van der Waals surface area (Å²) in [6, 6.07) is 14.4. The van der Waals surface area contributed by atoms with Crippen molar-refractivity contribution in [3.05, 3.63) is 65.2 Å². The number of hydrogen-bond donors (Lipinski definition) is 2. The first-order chi connectivity index (χ1) is 10.0. The highest BCUT2D eigenvalue weighted by atomic mass is 35.5. The van der Waals surface area contributed by atoms with E-state index in [0.717, 1.165) is 0 Å². The lowest BCUT2D eigenvalue weighted by Crippen LogP contribution is -2.79. The Morgan fingerprint density at radius 1 is 1.10 bits per heavy atom. The molecule has 2 aromatic rings. The van der Waals surface area contributed by atoms with E-state index in [4.69, 9.17) is 16.9 Å². The van der Waals surface area contributed by atoms with Gasteiger partial charge in [0.1, 0.15) is 4.90 Å². The van der Waals surface area contributed by atoms with Crippen molar-refractivity contribution in [2.45, 2.75) is 4.90 Å². The van der Waals surface area contributed by atoms with Gasteiger partial charge in [-0.15, -0.1) is 5.26 Å². The molecule has 2 aromatic carbocycles. The first-order valence-corrected chi connectivity index (χ1v) is 7.75. The van der Waals surface area contributed by atoms with Crippen LogP contribution in [0.25, 0.3) is 0 Å². The van der Waals surface area contributed by atoms with Gasteiger partial charge in [-0.2, -0.15) is 18.1 Å². The number of hydrogen-bond acceptors (Lipinski definition) is 3. The summed E-state index contributed by atoms with van der Waals surface area (Å²) < 4.78 is 26.9. The molecular formula is C14H11ClN3O2S+. The maximum Gasteiger partial charge on any atom is 0.328 e. The summed E-state index contributed by atoms with van der Waals surface area (Å²) in [4.78, 5) is 0.0556. The second kappa shape index (κ2) is 6.39. The minimum Gasteiger partial charge on any atom is -0.179 e. The van der Waals surface area contributed by atoms with Crippen LogP contribution < -0.4 is 9.71 Å². The molecule has 0 fully saturated rings. The van der Waals surface area contributed by atoms with Crippen LogP contribution in [-0.4, -0.2) is 14.3 Å². The van der Waals surface area contributed by atoms with E-state index in [-0.39, 0.29) is 10.7 Å². The summed E-state index contributed by atoms with van der Waals surface area (Å²) in [5, 5.41) is 11.6. The first kappa shape index (κ1) is 15.0. The number of rotatable bonds is 3. The van der Waals surface area contributed by atoms with Crippen LogP contribution >= 0.6 is 11.6 Å². The Bertz CT molecular complexity index is 794. The number of halogens is 1. The van der Waals surface area contributed by atoms with E-state index in [1.165, 1.54) is 24.3 Å². The fourth-order valence-electron chi connectivity index (χ4n) is 1.62. The van der Waals surface area contributed by atoms with Crippen molar-refractivity contribution in [2.75, 3.05) is 0 Å². The van der Waals surface area contributed by atoms with Crippen molar-refractivity contribution in [3.63, 3.8) is 0 Å². The molecule has 0 radical (unpaired) electrons. The zero-order valence-electron chi connectivity index (χ0n) is 10.7. The fourth-order valence-corrected chi connectivity index (χ4v) is 2.80. The molecule has 2 rings (SSSR count). The van der Waals surface area contributed by atoms with Crippen molar-refractivity contribution in [1.29, 1.82) is 5.26 Å². The van der Waals surface area contributed by atoms with E-state index in [9.17, 15) is 8.42 Å². The first-order valence-electron chi connectivity index (χ1n) is 5.89. The summed E-state index contributed by atoms with van der Waals surface area (Å²) in [6.07, 6.45) is 1.71. The van der Waals surface area contributed by atoms with Gasteiger partial charge in [0.25, 0.3) is 6.19 Å².